The molecule has 0 fully saturated rings. The number of benzene rings is 1. The van der Waals surface area contributed by atoms with Gasteiger partial charge in [0.1, 0.15) is 0 Å². The van der Waals surface area contributed by atoms with Crippen LogP contribution >= 0.6 is 11.3 Å². The van der Waals surface area contributed by atoms with E-state index in [1.54, 1.807) is 24.5 Å². The molecule has 2 N–H and O–H groups in total. The van der Waals surface area contributed by atoms with E-state index in [2.05, 4.69) is 23.7 Å². The van der Waals surface area contributed by atoms with E-state index in [9.17, 15) is 5.11 Å². The summed E-state index contributed by atoms with van der Waals surface area (Å²) in [5.74, 6) is 0.692. The highest BCUT2D eigenvalue weighted by molar-refractivity contribution is 7.10. The Balaban J connectivity index is 1.92. The van der Waals surface area contributed by atoms with Gasteiger partial charge in [-0.05, 0) is 41.6 Å². The third-order valence-corrected chi connectivity index (χ3v) is 3.85. The van der Waals surface area contributed by atoms with E-state index < -0.39 is 0 Å². The average Bonchev–Trinajstić information content (AvgIpc) is 2.77. The van der Waals surface area contributed by atoms with Crippen LogP contribution in [0.1, 0.15) is 16.0 Å². The van der Waals surface area contributed by atoms with Crippen molar-refractivity contribution in [2.45, 2.75) is 20.0 Å². The first-order valence-corrected chi connectivity index (χ1v) is 6.68. The molecule has 0 aliphatic heterocycles. The maximum absolute atomic E-state index is 9.50. The monoisotopic (exact) mass is 263 g/mol. The molecule has 1 heterocycles. The van der Waals surface area contributed by atoms with Crippen LogP contribution in [-0.2, 0) is 13.1 Å². The van der Waals surface area contributed by atoms with E-state index >= 15 is 0 Å². The van der Waals surface area contributed by atoms with Crippen LogP contribution in [0.2, 0.25) is 0 Å². The van der Waals surface area contributed by atoms with E-state index in [4.69, 9.17) is 4.74 Å². The Morgan fingerprint density at radius 2 is 2.11 bits per heavy atom. The fraction of sp³-hybridized carbons (Fsp3) is 0.286. The van der Waals surface area contributed by atoms with Gasteiger partial charge in [0, 0.05) is 18.0 Å². The van der Waals surface area contributed by atoms with Gasteiger partial charge in [-0.15, -0.1) is 11.3 Å². The normalized spacial score (nSPS) is 10.6. The molecule has 0 radical (unpaired) electrons. The average molecular weight is 263 g/mol. The molecule has 96 valence electrons. The molecule has 0 saturated carbocycles. The third kappa shape index (κ3) is 3.03. The lowest BCUT2D eigenvalue weighted by molar-refractivity contribution is 0.373. The van der Waals surface area contributed by atoms with Crippen LogP contribution in [-0.4, -0.2) is 12.2 Å². The summed E-state index contributed by atoms with van der Waals surface area (Å²) in [6.45, 7) is 3.75. The highest BCUT2D eigenvalue weighted by atomic mass is 32.1. The lowest BCUT2D eigenvalue weighted by Crippen LogP contribution is -2.12. The number of hydrogen-bond donors (Lipinski definition) is 2. The topological polar surface area (TPSA) is 41.5 Å². The molecule has 2 rings (SSSR count). The lowest BCUT2D eigenvalue weighted by atomic mass is 10.2. The maximum atomic E-state index is 9.50. The fourth-order valence-corrected chi connectivity index (χ4v) is 2.61. The minimum absolute atomic E-state index is 0.176. The molecule has 0 bridgehead atoms. The van der Waals surface area contributed by atoms with Crippen molar-refractivity contribution in [2.24, 2.45) is 0 Å². The van der Waals surface area contributed by atoms with Crippen LogP contribution in [0.25, 0.3) is 0 Å². The zero-order valence-corrected chi connectivity index (χ0v) is 11.4. The molecule has 2 aromatic rings. The van der Waals surface area contributed by atoms with Gasteiger partial charge in [0.05, 0.1) is 7.11 Å². The molecule has 1 aromatic carbocycles. The Hall–Kier alpha value is -1.52. The van der Waals surface area contributed by atoms with Crippen molar-refractivity contribution in [1.29, 1.82) is 0 Å². The zero-order chi connectivity index (χ0) is 13.0. The third-order valence-electron chi connectivity index (χ3n) is 2.83. The van der Waals surface area contributed by atoms with Crippen molar-refractivity contribution in [3.05, 3.63) is 45.6 Å². The number of phenols is 1. The largest absolute Gasteiger partial charge is 0.504 e. The van der Waals surface area contributed by atoms with Gasteiger partial charge >= 0.3 is 0 Å². The van der Waals surface area contributed by atoms with Gasteiger partial charge in [-0.3, -0.25) is 0 Å². The molecule has 18 heavy (non-hydrogen) atoms. The van der Waals surface area contributed by atoms with Crippen molar-refractivity contribution in [2.75, 3.05) is 7.11 Å². The smallest absolute Gasteiger partial charge is 0.160 e. The Morgan fingerprint density at radius 1 is 1.28 bits per heavy atom. The summed E-state index contributed by atoms with van der Waals surface area (Å²) in [5, 5.41) is 15.0. The summed E-state index contributed by atoms with van der Waals surface area (Å²) < 4.78 is 5.08. The van der Waals surface area contributed by atoms with Crippen molar-refractivity contribution in [3.8, 4) is 11.5 Å². The molecule has 1 aromatic heterocycles. The first-order chi connectivity index (χ1) is 8.70. The second-order valence-electron chi connectivity index (χ2n) is 4.14. The van der Waals surface area contributed by atoms with Gasteiger partial charge in [0.2, 0.25) is 0 Å². The predicted molar refractivity (Wildman–Crippen MR) is 74.3 cm³/mol. The van der Waals surface area contributed by atoms with Gasteiger partial charge in [-0.1, -0.05) is 6.07 Å². The van der Waals surface area contributed by atoms with Crippen LogP contribution in [0.4, 0.5) is 0 Å². The van der Waals surface area contributed by atoms with E-state index in [0.717, 1.165) is 18.7 Å². The van der Waals surface area contributed by atoms with Crippen LogP contribution in [0.5, 0.6) is 11.5 Å². The molecule has 0 aliphatic rings. The summed E-state index contributed by atoms with van der Waals surface area (Å²) in [6.07, 6.45) is 0. The molecule has 4 heteroatoms. The van der Waals surface area contributed by atoms with Crippen LogP contribution in [0.15, 0.2) is 29.6 Å². The van der Waals surface area contributed by atoms with Gasteiger partial charge in [0.15, 0.2) is 11.5 Å². The van der Waals surface area contributed by atoms with Gasteiger partial charge in [-0.2, -0.15) is 0 Å². The zero-order valence-electron chi connectivity index (χ0n) is 10.6. The Morgan fingerprint density at radius 3 is 2.78 bits per heavy atom. The molecular formula is C14H17NO2S. The minimum Gasteiger partial charge on any atom is -0.504 e. The van der Waals surface area contributed by atoms with E-state index in [-0.39, 0.29) is 5.75 Å². The second-order valence-corrected chi connectivity index (χ2v) is 5.14. The molecule has 0 atom stereocenters. The highest BCUT2D eigenvalue weighted by Crippen LogP contribution is 2.26. The van der Waals surface area contributed by atoms with Gasteiger partial charge < -0.3 is 15.2 Å². The second kappa shape index (κ2) is 5.89. The Bertz CT molecular complexity index is 522. The van der Waals surface area contributed by atoms with Crippen molar-refractivity contribution in [3.63, 3.8) is 0 Å². The van der Waals surface area contributed by atoms with E-state index in [0.29, 0.717) is 5.75 Å². The Kier molecular flexibility index (Phi) is 4.23. The standard InChI is InChI=1S/C14H17NO2S/c1-10-5-6-18-14(10)9-15-8-11-3-4-12(16)13(7-11)17-2/h3-7,15-16H,8-9H2,1-2H3. The van der Waals surface area contributed by atoms with Crippen LogP contribution in [0.3, 0.4) is 0 Å². The van der Waals surface area contributed by atoms with Gasteiger partial charge in [0.25, 0.3) is 0 Å². The van der Waals surface area contributed by atoms with Crippen molar-refractivity contribution in [1.82, 2.24) is 5.32 Å². The lowest BCUT2D eigenvalue weighted by Gasteiger charge is -2.08. The number of methoxy groups -OCH3 is 1. The first-order valence-electron chi connectivity index (χ1n) is 5.80. The number of rotatable bonds is 5. The van der Waals surface area contributed by atoms with Crippen LogP contribution in [0, 0.1) is 6.92 Å². The Labute approximate surface area is 111 Å². The molecule has 0 aliphatic carbocycles. The summed E-state index contributed by atoms with van der Waals surface area (Å²) in [7, 11) is 1.56. The molecular weight excluding hydrogens is 246 g/mol. The summed E-state index contributed by atoms with van der Waals surface area (Å²) >= 11 is 1.77. The maximum Gasteiger partial charge on any atom is 0.160 e. The summed E-state index contributed by atoms with van der Waals surface area (Å²) in [6, 6.07) is 7.53. The summed E-state index contributed by atoms with van der Waals surface area (Å²) in [5.41, 5.74) is 2.43. The van der Waals surface area contributed by atoms with E-state index in [1.165, 1.54) is 10.4 Å². The number of thiophene rings is 1. The number of phenolic OH excluding ortho intramolecular Hbond substituents is 1. The number of nitrogens with one attached hydrogen (secondary N) is 1. The number of aryl methyl sites for hydroxylation is 1. The van der Waals surface area contributed by atoms with E-state index in [1.807, 2.05) is 12.1 Å². The minimum atomic E-state index is 0.176. The molecule has 0 unspecified atom stereocenters. The molecule has 0 amide bonds. The van der Waals surface area contributed by atoms with Gasteiger partial charge in [-0.25, -0.2) is 0 Å². The van der Waals surface area contributed by atoms with Crippen molar-refractivity contribution >= 4 is 11.3 Å². The highest BCUT2D eigenvalue weighted by Gasteiger charge is 2.03. The number of hydrogen-bond acceptors (Lipinski definition) is 4. The fourth-order valence-electron chi connectivity index (χ4n) is 1.74. The molecule has 0 saturated heterocycles. The first kappa shape index (κ1) is 12.9. The number of ether oxygens (including phenoxy) is 1. The van der Waals surface area contributed by atoms with Crippen molar-refractivity contribution < 1.29 is 9.84 Å². The quantitative estimate of drug-likeness (QED) is 0.871. The SMILES string of the molecule is COc1cc(CNCc2sccc2C)ccc1O. The predicted octanol–water partition coefficient (Wildman–Crippen LogP) is 3.06. The summed E-state index contributed by atoms with van der Waals surface area (Å²) in [4.78, 5) is 1.36. The van der Waals surface area contributed by atoms with Crippen LogP contribution < -0.4 is 10.1 Å². The number of aromatic hydroxyl groups is 1. The molecule has 0 spiro atoms. The molecule has 3 nitrogen and oxygen atoms in total.